The van der Waals surface area contributed by atoms with Crippen LogP contribution in [0.15, 0.2) is 60.7 Å². The lowest BCUT2D eigenvalue weighted by molar-refractivity contribution is -0.131. The maximum atomic E-state index is 13.1. The normalized spacial score (nSPS) is 27.6. The van der Waals surface area contributed by atoms with Gasteiger partial charge >= 0.3 is 0 Å². The van der Waals surface area contributed by atoms with Crippen LogP contribution in [0.25, 0.3) is 0 Å². The van der Waals surface area contributed by atoms with Gasteiger partial charge in [-0.1, -0.05) is 42.5 Å². The summed E-state index contributed by atoms with van der Waals surface area (Å²) < 4.78 is 12.5. The van der Waals surface area contributed by atoms with Crippen LogP contribution in [0.2, 0.25) is 0 Å². The van der Waals surface area contributed by atoms with E-state index in [0.29, 0.717) is 29.0 Å². The maximum Gasteiger partial charge on any atom is 0.224 e. The lowest BCUT2D eigenvalue weighted by Gasteiger charge is -2.42. The van der Waals surface area contributed by atoms with Gasteiger partial charge < -0.3 is 24.6 Å². The molecule has 2 N–H and O–H groups in total. The molecule has 0 amide bonds. The highest BCUT2D eigenvalue weighted by molar-refractivity contribution is 5.60. The van der Waals surface area contributed by atoms with Gasteiger partial charge in [-0.05, 0) is 37.4 Å². The molecule has 1 fully saturated rings. The van der Waals surface area contributed by atoms with Crippen molar-refractivity contribution in [1.82, 2.24) is 9.88 Å². The largest absolute Gasteiger partial charge is 0.481 e. The predicted octanol–water partition coefficient (Wildman–Crippen LogP) is 2.89. The quantitative estimate of drug-likeness (QED) is 0.534. The topological polar surface area (TPSA) is 123 Å². The average Bonchev–Trinajstić information content (AvgIpc) is 3.30. The molecule has 2 aromatic carbocycles. The van der Waals surface area contributed by atoms with Crippen molar-refractivity contribution in [3.8, 4) is 23.8 Å². The molecule has 1 aliphatic carbocycles. The number of methoxy groups -OCH3 is 1. The van der Waals surface area contributed by atoms with Crippen molar-refractivity contribution in [2.24, 2.45) is 11.8 Å². The van der Waals surface area contributed by atoms with Gasteiger partial charge in [-0.3, -0.25) is 0 Å². The molecule has 0 saturated heterocycles. The summed E-state index contributed by atoms with van der Waals surface area (Å²) in [4.78, 5) is 6.33. The fraction of sp³-hybridized carbons (Fsp3) is 0.345. The molecule has 1 aromatic heterocycles. The summed E-state index contributed by atoms with van der Waals surface area (Å²) in [5, 5.41) is 43.0. The Kier molecular flexibility index (Phi) is 6.13. The van der Waals surface area contributed by atoms with Gasteiger partial charge in [0.25, 0.3) is 0 Å². The van der Waals surface area contributed by atoms with E-state index >= 15 is 0 Å². The van der Waals surface area contributed by atoms with Gasteiger partial charge in [-0.15, -0.1) is 0 Å². The number of aliphatic hydroxyl groups is 2. The second-order valence-electron chi connectivity index (χ2n) is 9.90. The molecule has 3 aromatic rings. The van der Waals surface area contributed by atoms with Gasteiger partial charge in [0.1, 0.15) is 23.1 Å². The Morgan fingerprint density at radius 3 is 2.35 bits per heavy atom. The lowest BCUT2D eigenvalue weighted by Crippen LogP contribution is -2.52. The van der Waals surface area contributed by atoms with Crippen molar-refractivity contribution in [2.75, 3.05) is 34.4 Å². The molecule has 1 saturated carbocycles. The first-order valence-electron chi connectivity index (χ1n) is 12.1. The first-order chi connectivity index (χ1) is 17.8. The number of nitriles is 2. The van der Waals surface area contributed by atoms with Crippen LogP contribution in [0, 0.1) is 34.5 Å². The average molecular weight is 497 g/mol. The molecular formula is C29H28N4O4. The molecule has 0 radical (unpaired) electrons. The third-order valence-electron chi connectivity index (χ3n) is 7.77. The molecule has 2 heterocycles. The van der Waals surface area contributed by atoms with Crippen LogP contribution in [0.4, 0.5) is 0 Å². The van der Waals surface area contributed by atoms with Crippen LogP contribution >= 0.6 is 0 Å². The number of ether oxygens (including phenoxy) is 2. The summed E-state index contributed by atoms with van der Waals surface area (Å²) in [5.41, 5.74) is -0.605. The number of nitrogens with zero attached hydrogens (tertiary/aromatic N) is 4. The first-order valence-corrected chi connectivity index (χ1v) is 12.1. The Morgan fingerprint density at radius 2 is 1.78 bits per heavy atom. The Morgan fingerprint density at radius 1 is 1.08 bits per heavy atom. The smallest absolute Gasteiger partial charge is 0.224 e. The number of fused-ring (bicyclic) bond motifs is 3. The highest BCUT2D eigenvalue weighted by Gasteiger charge is 2.76. The van der Waals surface area contributed by atoms with Crippen LogP contribution in [-0.4, -0.2) is 54.5 Å². The minimum absolute atomic E-state index is 0.105. The Hall–Kier alpha value is -3.95. The van der Waals surface area contributed by atoms with E-state index < -0.39 is 29.0 Å². The summed E-state index contributed by atoms with van der Waals surface area (Å²) >= 11 is 0. The number of hydrogen-bond donors (Lipinski definition) is 2. The van der Waals surface area contributed by atoms with Gasteiger partial charge in [0, 0.05) is 37.0 Å². The van der Waals surface area contributed by atoms with Crippen LogP contribution in [-0.2, 0) is 11.2 Å². The molecular weight excluding hydrogens is 468 g/mol. The van der Waals surface area contributed by atoms with Crippen LogP contribution < -0.4 is 9.47 Å². The van der Waals surface area contributed by atoms with Crippen LogP contribution in [0.5, 0.6) is 11.6 Å². The zero-order valence-corrected chi connectivity index (χ0v) is 20.9. The molecule has 5 atom stereocenters. The highest BCUT2D eigenvalue weighted by atomic mass is 16.5. The van der Waals surface area contributed by atoms with E-state index in [0.717, 1.165) is 5.56 Å². The molecule has 5 unspecified atom stereocenters. The molecule has 188 valence electrons. The molecule has 8 nitrogen and oxygen atoms in total. The Balaban J connectivity index is 1.90. The zero-order chi connectivity index (χ0) is 26.4. The second kappa shape index (κ2) is 9.17. The molecule has 5 rings (SSSR count). The van der Waals surface area contributed by atoms with E-state index in [9.17, 15) is 20.7 Å². The molecule has 37 heavy (non-hydrogen) atoms. The van der Waals surface area contributed by atoms with Gasteiger partial charge in [0.05, 0.1) is 24.3 Å². The van der Waals surface area contributed by atoms with Crippen LogP contribution in [0.3, 0.4) is 0 Å². The van der Waals surface area contributed by atoms with Gasteiger partial charge in [-0.25, -0.2) is 4.98 Å². The van der Waals surface area contributed by atoms with Crippen molar-refractivity contribution in [1.29, 1.82) is 10.5 Å². The minimum Gasteiger partial charge on any atom is -0.481 e. The van der Waals surface area contributed by atoms with Gasteiger partial charge in [0.2, 0.25) is 5.88 Å². The van der Waals surface area contributed by atoms with E-state index in [1.807, 2.05) is 55.4 Å². The van der Waals surface area contributed by atoms with E-state index in [2.05, 4.69) is 11.1 Å². The van der Waals surface area contributed by atoms with Crippen molar-refractivity contribution in [3.63, 3.8) is 0 Å². The lowest BCUT2D eigenvalue weighted by atomic mass is 9.70. The Labute approximate surface area is 215 Å². The van der Waals surface area contributed by atoms with Crippen molar-refractivity contribution >= 4 is 0 Å². The number of hydrogen-bond acceptors (Lipinski definition) is 8. The minimum atomic E-state index is -1.69. The van der Waals surface area contributed by atoms with Crippen LogP contribution in [0.1, 0.15) is 33.9 Å². The molecule has 0 spiro atoms. The van der Waals surface area contributed by atoms with Gasteiger partial charge in [0.15, 0.2) is 5.60 Å². The first kappa shape index (κ1) is 24.7. The van der Waals surface area contributed by atoms with Gasteiger partial charge in [-0.2, -0.15) is 10.5 Å². The molecule has 0 bridgehead atoms. The van der Waals surface area contributed by atoms with Crippen molar-refractivity contribution in [3.05, 3.63) is 88.6 Å². The third-order valence-corrected chi connectivity index (χ3v) is 7.77. The fourth-order valence-corrected chi connectivity index (χ4v) is 6.46. The SMILES string of the molecule is COc1nc(C#N)cc2c1C1(O)C(CN(C)C)C(CO)C(c3ccccc3)C1(c1ccc(C#N)cc1)O2. The maximum absolute atomic E-state index is 13.1. The Bertz CT molecular complexity index is 1400. The molecule has 8 heteroatoms. The van der Waals surface area contributed by atoms with E-state index in [-0.39, 0.29) is 18.2 Å². The fourth-order valence-electron chi connectivity index (χ4n) is 6.46. The molecule has 2 aliphatic rings. The molecule has 1 aliphatic heterocycles. The van der Waals surface area contributed by atoms with E-state index in [1.165, 1.54) is 13.2 Å². The standard InChI is InChI=1S/C29H28N4O4/c1-33(2)16-23-22(17-34)25(19-7-5-4-6-8-19)29(20-11-9-18(14-30)10-12-20)28(23,35)26-24(37-29)13-21(15-31)32-27(26)36-3/h4-13,22-23,25,34-35H,16-17H2,1-3H3. The summed E-state index contributed by atoms with van der Waals surface area (Å²) in [5.74, 6) is -0.959. The summed E-state index contributed by atoms with van der Waals surface area (Å²) in [6.45, 7) is 0.248. The summed E-state index contributed by atoms with van der Waals surface area (Å²) in [6, 6.07) is 22.4. The zero-order valence-electron chi connectivity index (χ0n) is 20.9. The van der Waals surface area contributed by atoms with Crippen molar-refractivity contribution < 1.29 is 19.7 Å². The monoisotopic (exact) mass is 496 g/mol. The second-order valence-corrected chi connectivity index (χ2v) is 9.90. The number of aromatic nitrogens is 1. The summed E-state index contributed by atoms with van der Waals surface area (Å²) in [7, 11) is 5.28. The van der Waals surface area contributed by atoms with Crippen molar-refractivity contribution in [2.45, 2.75) is 17.1 Å². The van der Waals surface area contributed by atoms with E-state index in [1.54, 1.807) is 24.3 Å². The predicted molar refractivity (Wildman–Crippen MR) is 135 cm³/mol. The van der Waals surface area contributed by atoms with E-state index in [4.69, 9.17) is 9.47 Å². The number of pyridine rings is 1. The highest BCUT2D eigenvalue weighted by Crippen LogP contribution is 2.71. The number of rotatable bonds is 6. The number of benzene rings is 2. The summed E-state index contributed by atoms with van der Waals surface area (Å²) in [6.07, 6.45) is 0. The third kappa shape index (κ3) is 3.42. The number of aliphatic hydroxyl groups excluding tert-OH is 1.